The number of nitrogens with zero attached hydrogens (tertiary/aromatic N) is 5. The van der Waals surface area contributed by atoms with Crippen LogP contribution in [-0.2, 0) is 22.7 Å². The number of tetrazole rings is 1. The average molecular weight is 398 g/mol. The Balaban J connectivity index is 1.46. The van der Waals surface area contributed by atoms with Gasteiger partial charge in [0.05, 0.1) is 6.54 Å². The lowest BCUT2D eigenvalue weighted by molar-refractivity contribution is -0.134. The van der Waals surface area contributed by atoms with Crippen LogP contribution in [0.3, 0.4) is 0 Å². The molecule has 0 aliphatic heterocycles. The summed E-state index contributed by atoms with van der Waals surface area (Å²) in [6, 6.07) is 14.7. The van der Waals surface area contributed by atoms with E-state index in [9.17, 15) is 14.0 Å². The highest BCUT2D eigenvalue weighted by atomic mass is 19.1. The van der Waals surface area contributed by atoms with E-state index in [0.29, 0.717) is 17.3 Å². The Kier molecular flexibility index (Phi) is 6.46. The Hall–Kier alpha value is -3.82. The van der Waals surface area contributed by atoms with Crippen molar-refractivity contribution in [3.8, 4) is 5.75 Å². The minimum atomic E-state index is -0.462. The third kappa shape index (κ3) is 6.09. The van der Waals surface area contributed by atoms with Crippen molar-refractivity contribution in [2.75, 3.05) is 18.9 Å². The number of para-hydroxylation sites is 1. The van der Waals surface area contributed by atoms with Gasteiger partial charge >= 0.3 is 0 Å². The van der Waals surface area contributed by atoms with Crippen molar-refractivity contribution in [1.82, 2.24) is 25.1 Å². The van der Waals surface area contributed by atoms with Crippen LogP contribution in [0.4, 0.5) is 10.1 Å². The highest BCUT2D eigenvalue weighted by Gasteiger charge is 2.15. The smallest absolute Gasteiger partial charge is 0.246 e. The predicted molar refractivity (Wildman–Crippen MR) is 101 cm³/mol. The summed E-state index contributed by atoms with van der Waals surface area (Å²) < 4.78 is 18.7. The summed E-state index contributed by atoms with van der Waals surface area (Å²) >= 11 is 0. The average Bonchev–Trinajstić information content (AvgIpc) is 3.14. The third-order valence-electron chi connectivity index (χ3n) is 3.80. The number of anilines is 1. The van der Waals surface area contributed by atoms with Crippen molar-refractivity contribution in [2.45, 2.75) is 13.2 Å². The first kappa shape index (κ1) is 19.9. The minimum absolute atomic E-state index is 0.115. The van der Waals surface area contributed by atoms with E-state index < -0.39 is 11.7 Å². The normalized spacial score (nSPS) is 10.4. The van der Waals surface area contributed by atoms with E-state index in [1.165, 1.54) is 30.1 Å². The molecule has 9 nitrogen and oxygen atoms in total. The van der Waals surface area contributed by atoms with Crippen LogP contribution < -0.4 is 10.1 Å². The number of benzene rings is 2. The molecule has 0 bridgehead atoms. The Morgan fingerprint density at radius 3 is 2.72 bits per heavy atom. The zero-order chi connectivity index (χ0) is 20.6. The number of nitrogens with one attached hydrogen (secondary N) is 1. The van der Waals surface area contributed by atoms with Gasteiger partial charge in [0.1, 0.15) is 18.1 Å². The Morgan fingerprint density at radius 1 is 1.17 bits per heavy atom. The van der Waals surface area contributed by atoms with Crippen LogP contribution in [0.25, 0.3) is 0 Å². The molecule has 10 heteroatoms. The number of ether oxygens (including phenoxy) is 1. The van der Waals surface area contributed by atoms with Gasteiger partial charge in [0.2, 0.25) is 17.6 Å². The number of carbonyl (C=O) groups is 2. The molecule has 0 atom stereocenters. The van der Waals surface area contributed by atoms with E-state index in [0.717, 1.165) is 4.80 Å². The highest BCUT2D eigenvalue weighted by Crippen LogP contribution is 2.10. The van der Waals surface area contributed by atoms with Gasteiger partial charge in [-0.3, -0.25) is 9.59 Å². The molecule has 3 rings (SSSR count). The predicted octanol–water partition coefficient (Wildman–Crippen LogP) is 1.49. The summed E-state index contributed by atoms with van der Waals surface area (Å²) in [5.74, 6) is -0.295. The molecule has 150 valence electrons. The van der Waals surface area contributed by atoms with Gasteiger partial charge in [0, 0.05) is 12.7 Å². The first-order valence-electron chi connectivity index (χ1n) is 8.73. The summed E-state index contributed by atoms with van der Waals surface area (Å²) in [4.78, 5) is 26.6. The number of hydrogen-bond acceptors (Lipinski definition) is 6. The fourth-order valence-electron chi connectivity index (χ4n) is 2.38. The van der Waals surface area contributed by atoms with Gasteiger partial charge < -0.3 is 15.0 Å². The van der Waals surface area contributed by atoms with Crippen LogP contribution in [0.2, 0.25) is 0 Å². The maximum Gasteiger partial charge on any atom is 0.246 e. The summed E-state index contributed by atoms with van der Waals surface area (Å²) in [5, 5.41) is 14.3. The molecule has 0 aliphatic rings. The number of halogens is 1. The van der Waals surface area contributed by atoms with E-state index in [1.807, 2.05) is 18.2 Å². The van der Waals surface area contributed by atoms with E-state index in [4.69, 9.17) is 4.74 Å². The van der Waals surface area contributed by atoms with Crippen molar-refractivity contribution in [1.29, 1.82) is 0 Å². The standard InChI is InChI=1S/C19H19FN6O3/c1-25(11-18(27)21-15-7-5-6-14(20)10-15)19(28)12-26-23-17(22-24-26)13-29-16-8-3-2-4-9-16/h2-10H,11-13H2,1H3,(H,21,27). The quantitative estimate of drug-likeness (QED) is 0.617. The Morgan fingerprint density at radius 2 is 1.97 bits per heavy atom. The molecular formula is C19H19FN6O3. The second-order valence-corrected chi connectivity index (χ2v) is 6.15. The van der Waals surface area contributed by atoms with Crippen molar-refractivity contribution in [3.05, 3.63) is 66.2 Å². The van der Waals surface area contributed by atoms with Crippen LogP contribution in [-0.4, -0.2) is 50.5 Å². The van der Waals surface area contributed by atoms with E-state index in [-0.39, 0.29) is 25.6 Å². The summed E-state index contributed by atoms with van der Waals surface area (Å²) in [6.45, 7) is -0.264. The summed E-state index contributed by atoms with van der Waals surface area (Å²) in [7, 11) is 1.48. The maximum absolute atomic E-state index is 13.2. The lowest BCUT2D eigenvalue weighted by Crippen LogP contribution is -2.37. The number of hydrogen-bond donors (Lipinski definition) is 1. The second kappa shape index (κ2) is 9.40. The molecule has 1 N–H and O–H groups in total. The fourth-order valence-corrected chi connectivity index (χ4v) is 2.38. The lowest BCUT2D eigenvalue weighted by Gasteiger charge is -2.16. The Labute approximate surface area is 166 Å². The van der Waals surface area contributed by atoms with Crippen molar-refractivity contribution >= 4 is 17.5 Å². The molecule has 2 aromatic carbocycles. The Bertz CT molecular complexity index is 979. The van der Waals surface area contributed by atoms with Gasteiger partial charge in [-0.25, -0.2) is 4.39 Å². The molecule has 0 saturated heterocycles. The van der Waals surface area contributed by atoms with Crippen LogP contribution in [0.15, 0.2) is 54.6 Å². The number of rotatable bonds is 8. The molecule has 0 fully saturated rings. The van der Waals surface area contributed by atoms with Crippen molar-refractivity contribution in [3.63, 3.8) is 0 Å². The number of aromatic nitrogens is 4. The molecule has 1 heterocycles. The van der Waals surface area contributed by atoms with Gasteiger partial charge in [-0.05, 0) is 35.5 Å². The zero-order valence-electron chi connectivity index (χ0n) is 15.7. The molecule has 0 aliphatic carbocycles. The molecule has 0 saturated carbocycles. The molecule has 1 aromatic heterocycles. The van der Waals surface area contributed by atoms with Gasteiger partial charge in [0.15, 0.2) is 6.61 Å². The van der Waals surface area contributed by atoms with Crippen LogP contribution >= 0.6 is 0 Å². The number of likely N-dealkylation sites (N-methyl/N-ethyl adjacent to an activating group) is 1. The van der Waals surface area contributed by atoms with E-state index >= 15 is 0 Å². The highest BCUT2D eigenvalue weighted by molar-refractivity contribution is 5.94. The lowest BCUT2D eigenvalue weighted by atomic mass is 10.3. The van der Waals surface area contributed by atoms with Gasteiger partial charge in [-0.1, -0.05) is 24.3 Å². The molecule has 0 spiro atoms. The first-order chi connectivity index (χ1) is 14.0. The summed E-state index contributed by atoms with van der Waals surface area (Å²) in [6.07, 6.45) is 0. The SMILES string of the molecule is CN(CC(=O)Nc1cccc(F)c1)C(=O)Cn1nnc(COc2ccccc2)n1. The van der Waals surface area contributed by atoms with Crippen LogP contribution in [0.1, 0.15) is 5.82 Å². The second-order valence-electron chi connectivity index (χ2n) is 6.15. The van der Waals surface area contributed by atoms with Crippen LogP contribution in [0.5, 0.6) is 5.75 Å². The van der Waals surface area contributed by atoms with Crippen LogP contribution in [0, 0.1) is 5.82 Å². The molecule has 0 unspecified atom stereocenters. The van der Waals surface area contributed by atoms with Crippen molar-refractivity contribution in [2.24, 2.45) is 0 Å². The molecule has 29 heavy (non-hydrogen) atoms. The largest absolute Gasteiger partial charge is 0.485 e. The topological polar surface area (TPSA) is 102 Å². The minimum Gasteiger partial charge on any atom is -0.485 e. The third-order valence-corrected chi connectivity index (χ3v) is 3.80. The van der Waals surface area contributed by atoms with Gasteiger partial charge in [-0.15, -0.1) is 10.2 Å². The fraction of sp³-hybridized carbons (Fsp3) is 0.211. The molecular weight excluding hydrogens is 379 g/mol. The zero-order valence-corrected chi connectivity index (χ0v) is 15.7. The maximum atomic E-state index is 13.2. The first-order valence-corrected chi connectivity index (χ1v) is 8.73. The van der Waals surface area contributed by atoms with Gasteiger partial charge in [0.25, 0.3) is 0 Å². The summed E-state index contributed by atoms with van der Waals surface area (Å²) in [5.41, 5.74) is 0.317. The van der Waals surface area contributed by atoms with E-state index in [2.05, 4.69) is 20.7 Å². The molecule has 2 amide bonds. The van der Waals surface area contributed by atoms with E-state index in [1.54, 1.807) is 18.2 Å². The van der Waals surface area contributed by atoms with Gasteiger partial charge in [-0.2, -0.15) is 4.80 Å². The number of carbonyl (C=O) groups excluding carboxylic acids is 2. The monoisotopic (exact) mass is 398 g/mol. The molecule has 0 radical (unpaired) electrons. The molecule has 3 aromatic rings. The van der Waals surface area contributed by atoms with Crippen molar-refractivity contribution < 1.29 is 18.7 Å². The number of amides is 2.